The monoisotopic (exact) mass is 408 g/mol. The first kappa shape index (κ1) is 21.6. The number of carbonyl (C=O) groups excluding carboxylic acids is 2. The summed E-state index contributed by atoms with van der Waals surface area (Å²) in [4.78, 5) is 26.6. The van der Waals surface area contributed by atoms with E-state index < -0.39 is 12.2 Å². The number of aryl methyl sites for hydroxylation is 3. The van der Waals surface area contributed by atoms with Gasteiger partial charge in [-0.2, -0.15) is 0 Å². The summed E-state index contributed by atoms with van der Waals surface area (Å²) in [5.74, 6) is 0.321. The number of nitrogens with two attached hydrogens (primary N) is 1. The Balaban J connectivity index is 1.72. The molecule has 0 saturated heterocycles. The van der Waals surface area contributed by atoms with Gasteiger partial charge < -0.3 is 20.1 Å². The molecule has 30 heavy (non-hydrogen) atoms. The molecule has 0 radical (unpaired) electrons. The molecule has 3 rings (SSSR count). The molecule has 2 aromatic carbocycles. The highest BCUT2D eigenvalue weighted by atomic mass is 16.7. The van der Waals surface area contributed by atoms with E-state index in [4.69, 9.17) is 15.2 Å². The van der Waals surface area contributed by atoms with Crippen LogP contribution in [-0.4, -0.2) is 31.3 Å². The number of ether oxygens (including phenoxy) is 2. The van der Waals surface area contributed by atoms with Gasteiger partial charge in [0.05, 0.1) is 6.04 Å². The average Bonchev–Trinajstić information content (AvgIpc) is 2.73. The molecule has 6 nitrogen and oxygen atoms in total. The third-order valence-corrected chi connectivity index (χ3v) is 5.31. The molecule has 0 saturated carbocycles. The molecule has 1 atom stereocenters. The van der Waals surface area contributed by atoms with Gasteiger partial charge in [0.1, 0.15) is 12.4 Å². The van der Waals surface area contributed by atoms with Gasteiger partial charge in [0.2, 0.25) is 5.91 Å². The first-order valence-corrected chi connectivity index (χ1v) is 10.1. The molecule has 0 aliphatic carbocycles. The fourth-order valence-corrected chi connectivity index (χ4v) is 3.86. The van der Waals surface area contributed by atoms with Gasteiger partial charge in [0, 0.05) is 12.2 Å². The third kappa shape index (κ3) is 4.89. The second-order valence-electron chi connectivity index (χ2n) is 7.52. The van der Waals surface area contributed by atoms with Crippen LogP contribution in [0.5, 0.6) is 5.75 Å². The van der Waals surface area contributed by atoms with Gasteiger partial charge in [0.15, 0.2) is 0 Å². The first-order chi connectivity index (χ1) is 14.4. The highest BCUT2D eigenvalue weighted by Crippen LogP contribution is 2.28. The number of hydrogen-bond acceptors (Lipinski definition) is 5. The van der Waals surface area contributed by atoms with E-state index in [-0.39, 0.29) is 12.5 Å². The van der Waals surface area contributed by atoms with Gasteiger partial charge in [-0.15, -0.1) is 0 Å². The Hall–Kier alpha value is -3.12. The van der Waals surface area contributed by atoms with E-state index in [0.717, 1.165) is 35.2 Å². The number of benzene rings is 2. The molecule has 158 valence electrons. The standard InChI is InChI=1S/C24H28N2O4/c1-4-12-29-24(28)30-19-13-16(2)20(17(3)14-19)15-21(25)23(27)26-11-7-9-18-8-5-6-10-22(18)26/h4-6,8,10,13-14,21H,1,7,9,11-12,15,25H2,2-3H3/t21-/m0/s1. The van der Waals surface area contributed by atoms with Crippen LogP contribution in [0, 0.1) is 13.8 Å². The van der Waals surface area contributed by atoms with Crippen LogP contribution >= 0.6 is 0 Å². The predicted molar refractivity (Wildman–Crippen MR) is 117 cm³/mol. The minimum Gasteiger partial charge on any atom is -0.430 e. The van der Waals surface area contributed by atoms with E-state index in [2.05, 4.69) is 12.6 Å². The lowest BCUT2D eigenvalue weighted by Gasteiger charge is -2.31. The Kier molecular flexibility index (Phi) is 6.90. The highest BCUT2D eigenvalue weighted by molar-refractivity contribution is 5.98. The number of carbonyl (C=O) groups is 2. The molecule has 0 spiro atoms. The maximum absolute atomic E-state index is 13.1. The first-order valence-electron chi connectivity index (χ1n) is 10.1. The molecule has 0 aromatic heterocycles. The third-order valence-electron chi connectivity index (χ3n) is 5.31. The van der Waals surface area contributed by atoms with Crippen LogP contribution in [-0.2, 0) is 22.4 Å². The second-order valence-corrected chi connectivity index (χ2v) is 7.52. The van der Waals surface area contributed by atoms with Gasteiger partial charge in [-0.25, -0.2) is 4.79 Å². The van der Waals surface area contributed by atoms with Crippen molar-refractivity contribution in [2.24, 2.45) is 5.73 Å². The van der Waals surface area contributed by atoms with Crippen molar-refractivity contribution in [3.05, 3.63) is 71.3 Å². The maximum Gasteiger partial charge on any atom is 0.514 e. The van der Waals surface area contributed by atoms with Gasteiger partial charge in [-0.1, -0.05) is 30.9 Å². The SMILES string of the molecule is C=CCOC(=O)Oc1cc(C)c(C[C@H](N)C(=O)N2CCCc3ccccc32)c(C)c1. The smallest absolute Gasteiger partial charge is 0.430 e. The zero-order valence-electron chi connectivity index (χ0n) is 17.5. The van der Waals surface area contributed by atoms with Gasteiger partial charge in [-0.3, -0.25) is 4.79 Å². The second kappa shape index (κ2) is 9.59. The topological polar surface area (TPSA) is 81.9 Å². The van der Waals surface area contributed by atoms with Crippen molar-refractivity contribution in [2.75, 3.05) is 18.1 Å². The van der Waals surface area contributed by atoms with Crippen LogP contribution in [0.4, 0.5) is 10.5 Å². The summed E-state index contributed by atoms with van der Waals surface area (Å²) in [5, 5.41) is 0. The van der Waals surface area contributed by atoms with Crippen molar-refractivity contribution in [1.29, 1.82) is 0 Å². The van der Waals surface area contributed by atoms with Crippen molar-refractivity contribution < 1.29 is 19.1 Å². The summed E-state index contributed by atoms with van der Waals surface area (Å²) in [7, 11) is 0. The zero-order chi connectivity index (χ0) is 21.7. The largest absolute Gasteiger partial charge is 0.514 e. The molecule has 2 aromatic rings. The van der Waals surface area contributed by atoms with Crippen LogP contribution in [0.3, 0.4) is 0 Å². The fraction of sp³-hybridized carbons (Fsp3) is 0.333. The molecule has 0 bridgehead atoms. The molecular formula is C24H28N2O4. The van der Waals surface area contributed by atoms with Crippen molar-refractivity contribution in [2.45, 2.75) is 39.2 Å². The summed E-state index contributed by atoms with van der Waals surface area (Å²) in [6.07, 6.45) is 3.01. The molecule has 0 fully saturated rings. The Morgan fingerprint density at radius 1 is 1.23 bits per heavy atom. The Morgan fingerprint density at radius 2 is 1.93 bits per heavy atom. The average molecular weight is 408 g/mol. The summed E-state index contributed by atoms with van der Waals surface area (Å²) >= 11 is 0. The molecule has 1 aliphatic heterocycles. The lowest BCUT2D eigenvalue weighted by atomic mass is 9.94. The van der Waals surface area contributed by atoms with Gasteiger partial charge in [0.25, 0.3) is 0 Å². The van der Waals surface area contributed by atoms with Crippen LogP contribution in [0.15, 0.2) is 49.1 Å². The Labute approximate surface area is 177 Å². The number of para-hydroxylation sites is 1. The van der Waals surface area contributed by atoms with E-state index in [1.54, 1.807) is 17.0 Å². The lowest BCUT2D eigenvalue weighted by Crippen LogP contribution is -2.47. The summed E-state index contributed by atoms with van der Waals surface area (Å²) < 4.78 is 10.1. The Bertz CT molecular complexity index is 931. The minimum atomic E-state index is -0.780. The zero-order valence-corrected chi connectivity index (χ0v) is 17.5. The van der Waals surface area contributed by atoms with E-state index in [9.17, 15) is 9.59 Å². The van der Waals surface area contributed by atoms with Crippen LogP contribution in [0.2, 0.25) is 0 Å². The van der Waals surface area contributed by atoms with Crippen molar-refractivity contribution >= 4 is 17.7 Å². The van der Waals surface area contributed by atoms with Crippen molar-refractivity contribution in [1.82, 2.24) is 0 Å². The minimum absolute atomic E-state index is 0.0747. The Morgan fingerprint density at radius 3 is 2.63 bits per heavy atom. The van der Waals surface area contributed by atoms with Crippen molar-refractivity contribution in [3.63, 3.8) is 0 Å². The summed E-state index contributed by atoms with van der Waals surface area (Å²) in [6.45, 7) is 8.09. The highest BCUT2D eigenvalue weighted by Gasteiger charge is 2.27. The number of hydrogen-bond donors (Lipinski definition) is 1. The number of amides is 1. The molecule has 0 unspecified atom stereocenters. The number of fused-ring (bicyclic) bond motifs is 1. The van der Waals surface area contributed by atoms with Crippen LogP contribution in [0.25, 0.3) is 0 Å². The normalized spacial score (nSPS) is 13.9. The van der Waals surface area contributed by atoms with E-state index in [0.29, 0.717) is 18.7 Å². The molecular weight excluding hydrogens is 380 g/mol. The lowest BCUT2D eigenvalue weighted by molar-refractivity contribution is -0.119. The van der Waals surface area contributed by atoms with E-state index >= 15 is 0 Å². The van der Waals surface area contributed by atoms with Crippen LogP contribution in [0.1, 0.15) is 28.7 Å². The maximum atomic E-state index is 13.1. The number of rotatable bonds is 6. The number of nitrogens with zero attached hydrogens (tertiary/aromatic N) is 1. The van der Waals surface area contributed by atoms with Crippen molar-refractivity contribution in [3.8, 4) is 5.75 Å². The summed E-state index contributed by atoms with van der Waals surface area (Å²) in [5.41, 5.74) is 11.3. The quantitative estimate of drug-likeness (QED) is 0.446. The number of anilines is 1. The van der Waals surface area contributed by atoms with Gasteiger partial charge in [-0.05, 0) is 73.6 Å². The van der Waals surface area contributed by atoms with Crippen LogP contribution < -0.4 is 15.4 Å². The van der Waals surface area contributed by atoms with E-state index in [1.165, 1.54) is 11.6 Å². The summed E-state index contributed by atoms with van der Waals surface area (Å²) in [6, 6.07) is 10.8. The molecule has 1 amide bonds. The molecule has 1 aliphatic rings. The molecule has 2 N–H and O–H groups in total. The van der Waals surface area contributed by atoms with E-state index in [1.807, 2.05) is 32.0 Å². The fourth-order valence-electron chi connectivity index (χ4n) is 3.86. The molecule has 6 heteroatoms. The predicted octanol–water partition coefficient (Wildman–Crippen LogP) is 3.85. The molecule has 1 heterocycles. The van der Waals surface area contributed by atoms with Gasteiger partial charge >= 0.3 is 6.16 Å².